The molecule has 5 nitrogen and oxygen atoms in total. The van der Waals surface area contributed by atoms with Gasteiger partial charge in [0, 0.05) is 34.1 Å². The SMILES string of the molecule is CC.Clc1[nH]c2ccccc2c1-c1nc2c3cccnc3c3ncccc3c2[nH]1. The van der Waals surface area contributed by atoms with Crippen LogP contribution < -0.4 is 0 Å². The molecule has 0 amide bonds. The Morgan fingerprint density at radius 2 is 1.38 bits per heavy atom. The number of benzene rings is 2. The number of imidazole rings is 1. The van der Waals surface area contributed by atoms with Crippen LogP contribution in [0.1, 0.15) is 13.8 Å². The molecule has 0 fully saturated rings. The van der Waals surface area contributed by atoms with Crippen LogP contribution in [0.15, 0.2) is 60.9 Å². The van der Waals surface area contributed by atoms with Crippen molar-refractivity contribution in [1.29, 1.82) is 0 Å². The van der Waals surface area contributed by atoms with E-state index in [1.807, 2.05) is 62.4 Å². The summed E-state index contributed by atoms with van der Waals surface area (Å²) in [7, 11) is 0. The Hall–Kier alpha value is -3.44. The summed E-state index contributed by atoms with van der Waals surface area (Å²) in [5.74, 6) is 0.731. The average Bonchev–Trinajstić information content (AvgIpc) is 3.36. The molecule has 0 saturated heterocycles. The first-order valence-corrected chi connectivity index (χ1v) is 9.97. The van der Waals surface area contributed by atoms with Gasteiger partial charge in [0.05, 0.1) is 27.6 Å². The number of rotatable bonds is 1. The lowest BCUT2D eigenvalue weighted by Crippen LogP contribution is -1.86. The zero-order valence-electron chi connectivity index (χ0n) is 16.0. The number of fused-ring (bicyclic) bond motifs is 7. The maximum atomic E-state index is 6.53. The Morgan fingerprint density at radius 1 is 0.724 bits per heavy atom. The van der Waals surface area contributed by atoms with E-state index < -0.39 is 0 Å². The predicted molar refractivity (Wildman–Crippen MR) is 120 cm³/mol. The van der Waals surface area contributed by atoms with Gasteiger partial charge < -0.3 is 9.97 Å². The summed E-state index contributed by atoms with van der Waals surface area (Å²) in [4.78, 5) is 20.7. The summed E-state index contributed by atoms with van der Waals surface area (Å²) < 4.78 is 0. The third-order valence-corrected chi connectivity index (χ3v) is 5.25. The van der Waals surface area contributed by atoms with Crippen molar-refractivity contribution >= 4 is 55.3 Å². The lowest BCUT2D eigenvalue weighted by molar-refractivity contribution is 1.34. The lowest BCUT2D eigenvalue weighted by Gasteiger charge is -2.03. The molecule has 0 aliphatic carbocycles. The van der Waals surface area contributed by atoms with Gasteiger partial charge in [-0.05, 0) is 30.3 Å². The van der Waals surface area contributed by atoms with Crippen molar-refractivity contribution in [2.75, 3.05) is 0 Å². The van der Waals surface area contributed by atoms with Gasteiger partial charge in [-0.2, -0.15) is 0 Å². The first-order valence-electron chi connectivity index (χ1n) is 9.59. The van der Waals surface area contributed by atoms with Gasteiger partial charge in [-0.15, -0.1) is 0 Å². The normalized spacial score (nSPS) is 11.3. The Bertz CT molecular complexity index is 1420. The highest BCUT2D eigenvalue weighted by atomic mass is 35.5. The van der Waals surface area contributed by atoms with Crippen molar-refractivity contribution in [3.63, 3.8) is 0 Å². The average molecular weight is 400 g/mol. The smallest absolute Gasteiger partial charge is 0.142 e. The summed E-state index contributed by atoms with van der Waals surface area (Å²) in [6.45, 7) is 4.00. The molecule has 0 unspecified atom stereocenters. The maximum absolute atomic E-state index is 6.53. The lowest BCUT2D eigenvalue weighted by atomic mass is 10.1. The van der Waals surface area contributed by atoms with E-state index in [9.17, 15) is 0 Å². The van der Waals surface area contributed by atoms with Crippen LogP contribution in [0.4, 0.5) is 0 Å². The number of nitrogens with one attached hydrogen (secondary N) is 2. The first-order chi connectivity index (χ1) is 14.3. The molecule has 4 aromatic heterocycles. The molecule has 6 aromatic rings. The van der Waals surface area contributed by atoms with E-state index >= 15 is 0 Å². The molecule has 0 aliphatic heterocycles. The van der Waals surface area contributed by atoms with Gasteiger partial charge in [0.25, 0.3) is 0 Å². The van der Waals surface area contributed by atoms with Gasteiger partial charge in [0.2, 0.25) is 0 Å². The van der Waals surface area contributed by atoms with E-state index in [0.717, 1.165) is 55.1 Å². The quantitative estimate of drug-likeness (QED) is 0.310. The molecule has 0 bridgehead atoms. The molecule has 0 atom stereocenters. The van der Waals surface area contributed by atoms with Gasteiger partial charge in [-0.3, -0.25) is 9.97 Å². The van der Waals surface area contributed by atoms with Gasteiger partial charge in [0.1, 0.15) is 11.0 Å². The van der Waals surface area contributed by atoms with Crippen LogP contribution in [0.3, 0.4) is 0 Å². The zero-order valence-corrected chi connectivity index (χ0v) is 16.7. The second-order valence-corrected chi connectivity index (χ2v) is 6.85. The molecule has 142 valence electrons. The number of para-hydroxylation sites is 1. The van der Waals surface area contributed by atoms with Crippen molar-refractivity contribution in [2.45, 2.75) is 13.8 Å². The minimum absolute atomic E-state index is 0.570. The molecule has 6 rings (SSSR count). The van der Waals surface area contributed by atoms with Crippen LogP contribution in [0.2, 0.25) is 5.15 Å². The van der Waals surface area contributed by atoms with E-state index in [1.165, 1.54) is 0 Å². The molecule has 0 saturated carbocycles. The van der Waals surface area contributed by atoms with Gasteiger partial charge in [-0.1, -0.05) is 43.6 Å². The molecular formula is C23H18ClN5. The minimum Gasteiger partial charge on any atom is -0.345 e. The predicted octanol–water partition coefficient (Wildman–Crippen LogP) is 6.49. The van der Waals surface area contributed by atoms with Crippen LogP contribution >= 0.6 is 11.6 Å². The zero-order chi connectivity index (χ0) is 20.0. The van der Waals surface area contributed by atoms with Crippen molar-refractivity contribution in [3.8, 4) is 11.4 Å². The second kappa shape index (κ2) is 6.87. The largest absolute Gasteiger partial charge is 0.345 e. The van der Waals surface area contributed by atoms with Crippen molar-refractivity contribution in [1.82, 2.24) is 24.9 Å². The fourth-order valence-corrected chi connectivity index (χ4v) is 4.10. The molecule has 2 N–H and O–H groups in total. The number of aromatic amines is 2. The molecule has 0 radical (unpaired) electrons. The molecule has 2 aromatic carbocycles. The van der Waals surface area contributed by atoms with Crippen molar-refractivity contribution in [2.24, 2.45) is 0 Å². The molecule has 0 aliphatic rings. The van der Waals surface area contributed by atoms with Crippen LogP contribution in [0, 0.1) is 0 Å². The third kappa shape index (κ3) is 2.58. The fraction of sp³-hybridized carbons (Fsp3) is 0.0870. The number of hydrogen-bond acceptors (Lipinski definition) is 3. The van der Waals surface area contributed by atoms with E-state index in [4.69, 9.17) is 16.6 Å². The van der Waals surface area contributed by atoms with Crippen LogP contribution in [0.5, 0.6) is 0 Å². The minimum atomic E-state index is 0.570. The molecule has 4 heterocycles. The standard InChI is InChI=1S/C21H12ClN5.C2H6/c22-20-15(11-5-1-2-8-14(11)25-20)21-26-18-12-6-3-9-23-16(12)17-13(19(18)27-21)7-4-10-24-17;1-2/h1-10,25H,(H,26,27);1-2H3. The van der Waals surface area contributed by atoms with Gasteiger partial charge in [0.15, 0.2) is 0 Å². The molecule has 29 heavy (non-hydrogen) atoms. The summed E-state index contributed by atoms with van der Waals surface area (Å²) in [5.41, 5.74) is 5.38. The highest BCUT2D eigenvalue weighted by Crippen LogP contribution is 2.37. The maximum Gasteiger partial charge on any atom is 0.142 e. The number of nitrogens with zero attached hydrogens (tertiary/aromatic N) is 3. The molecular weight excluding hydrogens is 382 g/mol. The Morgan fingerprint density at radius 3 is 2.17 bits per heavy atom. The van der Waals surface area contributed by atoms with Gasteiger partial charge in [-0.25, -0.2) is 4.98 Å². The van der Waals surface area contributed by atoms with E-state index in [1.54, 1.807) is 12.4 Å². The molecule has 0 spiro atoms. The first kappa shape index (κ1) is 17.6. The van der Waals surface area contributed by atoms with Crippen molar-refractivity contribution in [3.05, 3.63) is 66.1 Å². The molecule has 6 heteroatoms. The summed E-state index contributed by atoms with van der Waals surface area (Å²) in [6, 6.07) is 15.9. The van der Waals surface area contributed by atoms with E-state index in [-0.39, 0.29) is 0 Å². The third-order valence-electron chi connectivity index (χ3n) is 4.97. The van der Waals surface area contributed by atoms with Crippen LogP contribution in [-0.4, -0.2) is 24.9 Å². The number of halogens is 1. The summed E-state index contributed by atoms with van der Waals surface area (Å²) >= 11 is 6.53. The number of hydrogen-bond donors (Lipinski definition) is 2. The highest BCUT2D eigenvalue weighted by Gasteiger charge is 2.19. The number of H-pyrrole nitrogens is 2. The summed E-state index contributed by atoms with van der Waals surface area (Å²) in [5, 5.41) is 3.57. The van der Waals surface area contributed by atoms with E-state index in [2.05, 4.69) is 19.9 Å². The second-order valence-electron chi connectivity index (χ2n) is 6.47. The number of pyridine rings is 2. The number of aromatic nitrogens is 5. The van der Waals surface area contributed by atoms with Crippen LogP contribution in [0.25, 0.3) is 55.1 Å². The van der Waals surface area contributed by atoms with Crippen molar-refractivity contribution < 1.29 is 0 Å². The van der Waals surface area contributed by atoms with E-state index in [0.29, 0.717) is 5.15 Å². The highest BCUT2D eigenvalue weighted by molar-refractivity contribution is 6.34. The fourth-order valence-electron chi connectivity index (χ4n) is 3.80. The Labute approximate surface area is 171 Å². The summed E-state index contributed by atoms with van der Waals surface area (Å²) in [6.07, 6.45) is 3.57. The van der Waals surface area contributed by atoms with Crippen LogP contribution in [-0.2, 0) is 0 Å². The monoisotopic (exact) mass is 399 g/mol. The van der Waals surface area contributed by atoms with Gasteiger partial charge >= 0.3 is 0 Å². The Kier molecular flexibility index (Phi) is 4.18. The Balaban J connectivity index is 0.000000882. The topological polar surface area (TPSA) is 70.2 Å².